The largest absolute Gasteiger partial charge is 0.481 e. The van der Waals surface area contributed by atoms with E-state index in [0.29, 0.717) is 6.42 Å². The summed E-state index contributed by atoms with van der Waals surface area (Å²) >= 11 is 0. The molecule has 0 aromatic carbocycles. The number of aliphatic carboxylic acids is 1. The third-order valence-corrected chi connectivity index (χ3v) is 3.07. The summed E-state index contributed by atoms with van der Waals surface area (Å²) in [7, 11) is 0. The van der Waals surface area contributed by atoms with E-state index in [1.807, 2.05) is 6.92 Å². The number of carboxylic acids is 1. The van der Waals surface area contributed by atoms with E-state index in [1.165, 1.54) is 0 Å². The fourth-order valence-corrected chi connectivity index (χ4v) is 2.21. The first-order chi connectivity index (χ1) is 6.15. The fraction of sp³-hybridized carbons (Fsp3) is 0.900. The summed E-state index contributed by atoms with van der Waals surface area (Å²) in [6.07, 6.45) is 3.79. The van der Waals surface area contributed by atoms with Crippen LogP contribution in [-0.4, -0.2) is 22.3 Å². The fourth-order valence-electron chi connectivity index (χ4n) is 2.21. The van der Waals surface area contributed by atoms with E-state index < -0.39 is 5.97 Å². The van der Waals surface area contributed by atoms with Gasteiger partial charge in [0.15, 0.2) is 0 Å². The van der Waals surface area contributed by atoms with Gasteiger partial charge < -0.3 is 10.2 Å². The molecule has 0 aromatic heterocycles. The van der Waals surface area contributed by atoms with Crippen LogP contribution < -0.4 is 0 Å². The lowest BCUT2D eigenvalue weighted by molar-refractivity contribution is -0.144. The van der Waals surface area contributed by atoms with E-state index in [4.69, 9.17) is 5.11 Å². The molecule has 1 atom stereocenters. The maximum absolute atomic E-state index is 10.8. The number of carbonyl (C=O) groups is 1. The van der Waals surface area contributed by atoms with E-state index in [9.17, 15) is 9.90 Å². The molecular weight excluding hydrogens is 168 g/mol. The van der Waals surface area contributed by atoms with Gasteiger partial charge in [-0.1, -0.05) is 6.92 Å². The van der Waals surface area contributed by atoms with Crippen molar-refractivity contribution in [3.8, 4) is 0 Å². The van der Waals surface area contributed by atoms with Crippen LogP contribution in [0, 0.1) is 11.8 Å². The van der Waals surface area contributed by atoms with Crippen LogP contribution in [0.3, 0.4) is 0 Å². The van der Waals surface area contributed by atoms with Gasteiger partial charge in [-0.3, -0.25) is 4.79 Å². The molecule has 0 aromatic rings. The van der Waals surface area contributed by atoms with Gasteiger partial charge in [0.25, 0.3) is 0 Å². The molecule has 1 saturated carbocycles. The number of hydrogen-bond donors (Lipinski definition) is 2. The normalized spacial score (nSPS) is 31.2. The van der Waals surface area contributed by atoms with Crippen molar-refractivity contribution in [3.05, 3.63) is 0 Å². The summed E-state index contributed by atoms with van der Waals surface area (Å²) in [5, 5.41) is 18.2. The Morgan fingerprint density at radius 1 is 1.38 bits per heavy atom. The average Bonchev–Trinajstić information content (AvgIpc) is 2.09. The maximum Gasteiger partial charge on any atom is 0.306 e. The molecule has 0 amide bonds. The van der Waals surface area contributed by atoms with Gasteiger partial charge in [0, 0.05) is 0 Å². The van der Waals surface area contributed by atoms with Gasteiger partial charge in [-0.15, -0.1) is 0 Å². The Morgan fingerprint density at radius 3 is 2.31 bits per heavy atom. The molecule has 0 saturated heterocycles. The predicted octanol–water partition coefficient (Wildman–Crippen LogP) is 1.65. The predicted molar refractivity (Wildman–Crippen MR) is 49.4 cm³/mol. The third-order valence-electron chi connectivity index (χ3n) is 3.07. The van der Waals surface area contributed by atoms with Crippen molar-refractivity contribution in [2.24, 2.45) is 11.8 Å². The molecule has 0 unspecified atom stereocenters. The van der Waals surface area contributed by atoms with Crippen molar-refractivity contribution in [1.29, 1.82) is 0 Å². The molecule has 0 spiro atoms. The highest BCUT2D eigenvalue weighted by Gasteiger charge is 2.29. The molecule has 1 fully saturated rings. The Morgan fingerprint density at radius 2 is 1.92 bits per heavy atom. The van der Waals surface area contributed by atoms with Crippen molar-refractivity contribution < 1.29 is 15.0 Å². The third kappa shape index (κ3) is 2.69. The molecule has 1 aliphatic carbocycles. The molecule has 0 radical (unpaired) electrons. The summed E-state index contributed by atoms with van der Waals surface area (Å²) in [5.41, 5.74) is 0. The topological polar surface area (TPSA) is 57.5 Å². The second kappa shape index (κ2) is 4.61. The first-order valence-electron chi connectivity index (χ1n) is 5.06. The van der Waals surface area contributed by atoms with E-state index in [-0.39, 0.29) is 17.9 Å². The monoisotopic (exact) mass is 186 g/mol. The first-order valence-corrected chi connectivity index (χ1v) is 5.06. The smallest absolute Gasteiger partial charge is 0.306 e. The van der Waals surface area contributed by atoms with Gasteiger partial charge in [0.1, 0.15) is 0 Å². The maximum atomic E-state index is 10.8. The van der Waals surface area contributed by atoms with E-state index in [1.54, 1.807) is 0 Å². The van der Waals surface area contributed by atoms with Crippen LogP contribution in [0.1, 0.15) is 39.0 Å². The van der Waals surface area contributed by atoms with Crippen LogP contribution in [0.25, 0.3) is 0 Å². The van der Waals surface area contributed by atoms with Crippen molar-refractivity contribution >= 4 is 5.97 Å². The minimum atomic E-state index is -0.677. The zero-order valence-electron chi connectivity index (χ0n) is 8.07. The molecule has 0 aliphatic heterocycles. The quantitative estimate of drug-likeness (QED) is 0.704. The summed E-state index contributed by atoms with van der Waals surface area (Å²) < 4.78 is 0. The molecule has 76 valence electrons. The van der Waals surface area contributed by atoms with E-state index in [0.717, 1.165) is 25.7 Å². The SMILES string of the molecule is CC[C@@H](C(=O)O)[C@H]1CC[C@H](O)CC1. The molecule has 1 rings (SSSR count). The summed E-state index contributed by atoms with van der Waals surface area (Å²) in [4.78, 5) is 10.8. The van der Waals surface area contributed by atoms with Crippen molar-refractivity contribution in [3.63, 3.8) is 0 Å². The minimum absolute atomic E-state index is 0.192. The van der Waals surface area contributed by atoms with E-state index >= 15 is 0 Å². The van der Waals surface area contributed by atoms with Gasteiger partial charge in [-0.25, -0.2) is 0 Å². The number of aliphatic hydroxyl groups is 1. The molecule has 0 heterocycles. The van der Waals surface area contributed by atoms with Gasteiger partial charge >= 0.3 is 5.97 Å². The Kier molecular flexibility index (Phi) is 3.72. The summed E-state index contributed by atoms with van der Waals surface area (Å²) in [6.45, 7) is 1.92. The van der Waals surface area contributed by atoms with Crippen LogP contribution in [-0.2, 0) is 4.79 Å². The summed E-state index contributed by atoms with van der Waals surface area (Å²) in [5.74, 6) is -0.595. The second-order valence-corrected chi connectivity index (χ2v) is 3.92. The second-order valence-electron chi connectivity index (χ2n) is 3.92. The molecule has 1 aliphatic rings. The van der Waals surface area contributed by atoms with Gasteiger partial charge in [0.2, 0.25) is 0 Å². The standard InChI is InChI=1S/C10H18O3/c1-2-9(10(12)13)7-3-5-8(11)6-4-7/h7-9,11H,2-6H2,1H3,(H,12,13)/t7-,8-,9-/m1/s1. The number of hydrogen-bond acceptors (Lipinski definition) is 2. The molecule has 3 heteroatoms. The first kappa shape index (κ1) is 10.5. The van der Waals surface area contributed by atoms with Crippen molar-refractivity contribution in [2.45, 2.75) is 45.1 Å². The van der Waals surface area contributed by atoms with Gasteiger partial charge in [-0.2, -0.15) is 0 Å². The zero-order chi connectivity index (χ0) is 9.84. The van der Waals surface area contributed by atoms with Crippen molar-refractivity contribution in [2.75, 3.05) is 0 Å². The Hall–Kier alpha value is -0.570. The minimum Gasteiger partial charge on any atom is -0.481 e. The zero-order valence-corrected chi connectivity index (χ0v) is 8.07. The number of aliphatic hydroxyl groups excluding tert-OH is 1. The molecule has 13 heavy (non-hydrogen) atoms. The highest BCUT2D eigenvalue weighted by Crippen LogP contribution is 2.31. The van der Waals surface area contributed by atoms with E-state index in [2.05, 4.69) is 0 Å². The van der Waals surface area contributed by atoms with Gasteiger partial charge in [0.05, 0.1) is 12.0 Å². The average molecular weight is 186 g/mol. The highest BCUT2D eigenvalue weighted by atomic mass is 16.4. The Labute approximate surface area is 78.8 Å². The lowest BCUT2D eigenvalue weighted by Gasteiger charge is -2.29. The van der Waals surface area contributed by atoms with Crippen LogP contribution >= 0.6 is 0 Å². The number of carboxylic acid groups (broad SMARTS) is 1. The lowest BCUT2D eigenvalue weighted by atomic mass is 9.78. The van der Waals surface area contributed by atoms with Crippen LogP contribution in [0.2, 0.25) is 0 Å². The molecule has 2 N–H and O–H groups in total. The lowest BCUT2D eigenvalue weighted by Crippen LogP contribution is -2.28. The van der Waals surface area contributed by atoms with Crippen LogP contribution in [0.4, 0.5) is 0 Å². The Bertz CT molecular complexity index is 171. The van der Waals surface area contributed by atoms with Crippen LogP contribution in [0.15, 0.2) is 0 Å². The molecule has 3 nitrogen and oxygen atoms in total. The number of rotatable bonds is 3. The summed E-state index contributed by atoms with van der Waals surface area (Å²) in [6, 6.07) is 0. The Balaban J connectivity index is 2.46. The highest BCUT2D eigenvalue weighted by molar-refractivity contribution is 5.70. The molecule has 0 bridgehead atoms. The van der Waals surface area contributed by atoms with Crippen LogP contribution in [0.5, 0.6) is 0 Å². The van der Waals surface area contributed by atoms with Crippen molar-refractivity contribution in [1.82, 2.24) is 0 Å². The van der Waals surface area contributed by atoms with Gasteiger partial charge in [-0.05, 0) is 38.0 Å². The molecular formula is C10H18O3.